The molecule has 0 amide bonds. The Morgan fingerprint density at radius 3 is 2.16 bits per heavy atom. The van der Waals surface area contributed by atoms with E-state index in [2.05, 4.69) is 55.4 Å². The normalized spacial score (nSPS) is 53.2. The lowest BCUT2D eigenvalue weighted by molar-refractivity contribution is -0.236. The van der Waals surface area contributed by atoms with E-state index in [1.165, 1.54) is 32.1 Å². The number of carbonyl (C=O) groups excluding carboxylic acids is 1. The first-order chi connectivity index (χ1) is 19.7. The lowest BCUT2D eigenvalue weighted by atomic mass is 9.39. The number of carbonyl (C=O) groups is 1. The molecule has 0 aromatic heterocycles. The van der Waals surface area contributed by atoms with Crippen LogP contribution in [-0.2, 0) is 14.3 Å². The van der Waals surface area contributed by atoms with Crippen molar-refractivity contribution in [2.75, 3.05) is 0 Å². The summed E-state index contributed by atoms with van der Waals surface area (Å²) in [7, 11) is 0. The van der Waals surface area contributed by atoms with Gasteiger partial charge in [0.15, 0.2) is 0 Å². The summed E-state index contributed by atoms with van der Waals surface area (Å²) >= 11 is 0. The highest BCUT2D eigenvalue weighted by Gasteiger charge is 2.85. The third kappa shape index (κ3) is 3.83. The number of rotatable bonds is 6. The SMILES string of the molecule is CCC(C)[C@@H](C)C(=O)O[C@H]1CC[C@]23C[C@]24CC[C@]2(C)[C@@](C)([C@@]5(C)CC[C@@H](C(C)(C)O)O5)[C@@H](O)C[C@@]2(C)C4CC[C@H]3C1(C)C. The maximum Gasteiger partial charge on any atom is 0.309 e. The maximum atomic E-state index is 13.2. The zero-order valence-electron chi connectivity index (χ0n) is 29.4. The van der Waals surface area contributed by atoms with Gasteiger partial charge in [0.1, 0.15) is 6.10 Å². The van der Waals surface area contributed by atoms with E-state index >= 15 is 0 Å². The molecule has 1 saturated heterocycles. The molecule has 2 spiro atoms. The van der Waals surface area contributed by atoms with Gasteiger partial charge in [-0.15, -0.1) is 0 Å². The molecule has 5 nitrogen and oxygen atoms in total. The second-order valence-corrected chi connectivity index (χ2v) is 18.8. The van der Waals surface area contributed by atoms with Crippen LogP contribution in [0.3, 0.4) is 0 Å². The van der Waals surface area contributed by atoms with Crippen LogP contribution in [0.5, 0.6) is 0 Å². The van der Waals surface area contributed by atoms with Crippen LogP contribution in [0.1, 0.15) is 147 Å². The van der Waals surface area contributed by atoms with E-state index in [0.717, 1.165) is 38.5 Å². The molecule has 246 valence electrons. The Morgan fingerprint density at radius 2 is 1.56 bits per heavy atom. The predicted molar refractivity (Wildman–Crippen MR) is 170 cm³/mol. The molecule has 2 unspecified atom stereocenters. The minimum Gasteiger partial charge on any atom is -0.462 e. The maximum absolute atomic E-state index is 13.2. The first-order valence-electron chi connectivity index (χ1n) is 18.0. The summed E-state index contributed by atoms with van der Waals surface area (Å²) in [6, 6.07) is 0. The summed E-state index contributed by atoms with van der Waals surface area (Å²) in [5.41, 5.74) is -1.09. The Kier molecular flexibility index (Phi) is 7.11. The largest absolute Gasteiger partial charge is 0.462 e. The predicted octanol–water partition coefficient (Wildman–Crippen LogP) is 8.09. The number of fused-ring (bicyclic) bond motifs is 2. The summed E-state index contributed by atoms with van der Waals surface area (Å²) < 4.78 is 13.2. The molecule has 5 saturated carbocycles. The van der Waals surface area contributed by atoms with Crippen molar-refractivity contribution in [1.82, 2.24) is 0 Å². The van der Waals surface area contributed by atoms with E-state index in [1.54, 1.807) is 0 Å². The van der Waals surface area contributed by atoms with Gasteiger partial charge in [0, 0.05) is 10.8 Å². The Hall–Kier alpha value is -0.650. The Bertz CT molecular complexity index is 1140. The molecule has 6 rings (SSSR count). The van der Waals surface area contributed by atoms with Crippen LogP contribution in [0.25, 0.3) is 0 Å². The molecule has 0 aromatic carbocycles. The van der Waals surface area contributed by atoms with Crippen molar-refractivity contribution < 1.29 is 24.5 Å². The molecule has 5 aliphatic carbocycles. The number of esters is 1. The molecule has 6 aliphatic rings. The summed E-state index contributed by atoms with van der Waals surface area (Å²) in [5.74, 6) is 1.47. The molecule has 0 bridgehead atoms. The fourth-order valence-corrected chi connectivity index (χ4v) is 13.4. The Balaban J connectivity index is 1.27. The van der Waals surface area contributed by atoms with E-state index < -0.39 is 17.3 Å². The minimum absolute atomic E-state index is 0.000514. The van der Waals surface area contributed by atoms with Crippen LogP contribution in [0, 0.1) is 56.2 Å². The van der Waals surface area contributed by atoms with E-state index in [4.69, 9.17) is 9.47 Å². The van der Waals surface area contributed by atoms with Crippen molar-refractivity contribution >= 4 is 5.97 Å². The zero-order valence-corrected chi connectivity index (χ0v) is 29.4. The summed E-state index contributed by atoms with van der Waals surface area (Å²) in [6.07, 6.45) is 11.2. The van der Waals surface area contributed by atoms with Crippen LogP contribution >= 0.6 is 0 Å². The van der Waals surface area contributed by atoms with Crippen LogP contribution in [0.2, 0.25) is 0 Å². The number of aliphatic hydroxyl groups is 2. The topological polar surface area (TPSA) is 76.0 Å². The molecular formula is C38H64O5. The number of hydrogen-bond acceptors (Lipinski definition) is 5. The molecule has 2 N–H and O–H groups in total. The quantitative estimate of drug-likeness (QED) is 0.301. The second-order valence-electron chi connectivity index (χ2n) is 18.8. The summed E-state index contributed by atoms with van der Waals surface area (Å²) in [6.45, 7) is 24.5. The Labute approximate surface area is 262 Å². The standard InChI is InChI=1S/C38H64O5/c1-12-23(2)24(3)30(40)42-28-16-18-37-22-38(37)20-19-34(9)33(8,26(38)14-13-25(37)31(28,4)5)21-27(39)36(34,11)35(10)17-15-29(43-35)32(6,7)41/h23-29,39,41H,12-22H2,1-11H3/t23?,24-,25+,26?,27+,28+,29+,33+,34+,35-,36+,37-,38+/m1/s1. The van der Waals surface area contributed by atoms with Gasteiger partial charge in [0.05, 0.1) is 29.3 Å². The summed E-state index contributed by atoms with van der Waals surface area (Å²) in [5, 5.41) is 23.0. The van der Waals surface area contributed by atoms with E-state index in [1.807, 2.05) is 20.8 Å². The molecule has 0 radical (unpaired) electrons. The fraction of sp³-hybridized carbons (Fsp3) is 0.974. The number of ether oxygens (including phenoxy) is 2. The average Bonchev–Trinajstić information content (AvgIpc) is 3.34. The molecule has 43 heavy (non-hydrogen) atoms. The summed E-state index contributed by atoms with van der Waals surface area (Å²) in [4.78, 5) is 13.2. The smallest absolute Gasteiger partial charge is 0.309 e. The lowest BCUT2D eigenvalue weighted by Crippen LogP contribution is -2.63. The van der Waals surface area contributed by atoms with Crippen molar-refractivity contribution in [3.8, 4) is 0 Å². The van der Waals surface area contributed by atoms with E-state index in [9.17, 15) is 15.0 Å². The first kappa shape index (κ1) is 32.3. The molecule has 0 aromatic rings. The average molecular weight is 601 g/mol. The highest BCUT2D eigenvalue weighted by atomic mass is 16.5. The van der Waals surface area contributed by atoms with Crippen LogP contribution < -0.4 is 0 Å². The van der Waals surface area contributed by atoms with Gasteiger partial charge in [-0.25, -0.2) is 0 Å². The van der Waals surface area contributed by atoms with Gasteiger partial charge >= 0.3 is 5.97 Å². The van der Waals surface area contributed by atoms with Crippen molar-refractivity contribution in [3.63, 3.8) is 0 Å². The lowest BCUT2D eigenvalue weighted by Gasteiger charge is -2.66. The van der Waals surface area contributed by atoms with Crippen molar-refractivity contribution in [2.24, 2.45) is 56.2 Å². The molecule has 5 heteroatoms. The first-order valence-corrected chi connectivity index (χ1v) is 18.0. The van der Waals surface area contributed by atoms with Gasteiger partial charge in [0.2, 0.25) is 0 Å². The third-order valence-corrected chi connectivity index (χ3v) is 17.0. The van der Waals surface area contributed by atoms with Gasteiger partial charge in [-0.1, -0.05) is 61.8 Å². The van der Waals surface area contributed by atoms with Gasteiger partial charge in [-0.2, -0.15) is 0 Å². The molecule has 13 atom stereocenters. The van der Waals surface area contributed by atoms with Crippen molar-refractivity contribution in [2.45, 2.75) is 176 Å². The monoisotopic (exact) mass is 600 g/mol. The van der Waals surface area contributed by atoms with E-state index in [-0.39, 0.29) is 45.8 Å². The van der Waals surface area contributed by atoms with Gasteiger partial charge in [-0.05, 0) is 124 Å². The highest BCUT2D eigenvalue weighted by Crippen LogP contribution is 2.90. The Morgan fingerprint density at radius 1 is 0.930 bits per heavy atom. The highest BCUT2D eigenvalue weighted by molar-refractivity contribution is 5.72. The van der Waals surface area contributed by atoms with Gasteiger partial charge in [-0.3, -0.25) is 4.79 Å². The van der Waals surface area contributed by atoms with Crippen LogP contribution in [-0.4, -0.2) is 45.7 Å². The molecule has 1 aliphatic heterocycles. The van der Waals surface area contributed by atoms with Crippen LogP contribution in [0.15, 0.2) is 0 Å². The fourth-order valence-electron chi connectivity index (χ4n) is 13.4. The number of hydrogen-bond donors (Lipinski definition) is 2. The zero-order chi connectivity index (χ0) is 31.8. The van der Waals surface area contributed by atoms with Gasteiger partial charge < -0.3 is 19.7 Å². The van der Waals surface area contributed by atoms with Crippen molar-refractivity contribution in [3.05, 3.63) is 0 Å². The third-order valence-electron chi connectivity index (χ3n) is 17.0. The molecular weight excluding hydrogens is 536 g/mol. The van der Waals surface area contributed by atoms with Gasteiger partial charge in [0.25, 0.3) is 0 Å². The molecule has 1 heterocycles. The molecule has 6 fully saturated rings. The minimum atomic E-state index is -0.885. The van der Waals surface area contributed by atoms with Crippen molar-refractivity contribution in [1.29, 1.82) is 0 Å². The van der Waals surface area contributed by atoms with Crippen LogP contribution in [0.4, 0.5) is 0 Å². The second kappa shape index (κ2) is 9.46. The number of aliphatic hydroxyl groups excluding tert-OH is 1. The van der Waals surface area contributed by atoms with E-state index in [0.29, 0.717) is 28.6 Å².